The molecule has 0 saturated carbocycles. The predicted octanol–water partition coefficient (Wildman–Crippen LogP) is 2.29. The standard InChI is InChI=1S/C13H15FN2O3/c14-11-4-5-13(16(18)19)10(7-11)8-15-6-2-1-3-12(15)9-17/h4-5,7,9,12H,1-3,6,8H2. The van der Waals surface area contributed by atoms with E-state index in [1.54, 1.807) is 0 Å². The minimum absolute atomic E-state index is 0.100. The van der Waals surface area contributed by atoms with Crippen molar-refractivity contribution in [1.29, 1.82) is 0 Å². The van der Waals surface area contributed by atoms with E-state index in [-0.39, 0.29) is 18.3 Å². The van der Waals surface area contributed by atoms with Crippen LogP contribution in [0, 0.1) is 15.9 Å². The average molecular weight is 266 g/mol. The van der Waals surface area contributed by atoms with Gasteiger partial charge in [0.25, 0.3) is 5.69 Å². The number of rotatable bonds is 4. The van der Waals surface area contributed by atoms with Crippen molar-refractivity contribution in [3.8, 4) is 0 Å². The number of piperidine rings is 1. The van der Waals surface area contributed by atoms with Crippen molar-refractivity contribution >= 4 is 12.0 Å². The van der Waals surface area contributed by atoms with Crippen molar-refractivity contribution in [1.82, 2.24) is 4.90 Å². The maximum absolute atomic E-state index is 13.2. The van der Waals surface area contributed by atoms with Crippen LogP contribution in [0.2, 0.25) is 0 Å². The summed E-state index contributed by atoms with van der Waals surface area (Å²) in [6.07, 6.45) is 3.55. The molecule has 1 aromatic rings. The molecule has 102 valence electrons. The Morgan fingerprint density at radius 1 is 1.47 bits per heavy atom. The van der Waals surface area contributed by atoms with Crippen LogP contribution >= 0.6 is 0 Å². The van der Waals surface area contributed by atoms with E-state index in [1.165, 1.54) is 12.1 Å². The molecular weight excluding hydrogens is 251 g/mol. The molecule has 0 radical (unpaired) electrons. The number of benzene rings is 1. The maximum atomic E-state index is 13.2. The van der Waals surface area contributed by atoms with Crippen LogP contribution < -0.4 is 0 Å². The summed E-state index contributed by atoms with van der Waals surface area (Å²) < 4.78 is 13.2. The number of nitro benzene ring substituents is 1. The molecule has 1 saturated heterocycles. The summed E-state index contributed by atoms with van der Waals surface area (Å²) in [6.45, 7) is 0.939. The summed E-state index contributed by atoms with van der Waals surface area (Å²) in [7, 11) is 0. The van der Waals surface area contributed by atoms with Crippen molar-refractivity contribution < 1.29 is 14.1 Å². The monoisotopic (exact) mass is 266 g/mol. The second-order valence-electron chi connectivity index (χ2n) is 4.70. The van der Waals surface area contributed by atoms with Crippen molar-refractivity contribution in [3.63, 3.8) is 0 Å². The highest BCUT2D eigenvalue weighted by Crippen LogP contribution is 2.24. The first-order valence-corrected chi connectivity index (χ1v) is 6.24. The summed E-state index contributed by atoms with van der Waals surface area (Å²) in [5.41, 5.74) is 0.218. The molecule has 1 atom stereocenters. The van der Waals surface area contributed by atoms with Crippen LogP contribution in [-0.4, -0.2) is 28.7 Å². The van der Waals surface area contributed by atoms with Gasteiger partial charge < -0.3 is 4.79 Å². The van der Waals surface area contributed by atoms with Gasteiger partial charge in [-0.2, -0.15) is 0 Å². The lowest BCUT2D eigenvalue weighted by Gasteiger charge is -2.32. The predicted molar refractivity (Wildman–Crippen MR) is 67.2 cm³/mol. The lowest BCUT2D eigenvalue weighted by Crippen LogP contribution is -2.40. The summed E-state index contributed by atoms with van der Waals surface area (Å²) >= 11 is 0. The summed E-state index contributed by atoms with van der Waals surface area (Å²) in [4.78, 5) is 23.3. The van der Waals surface area contributed by atoms with Crippen LogP contribution in [0.1, 0.15) is 24.8 Å². The number of hydrogen-bond acceptors (Lipinski definition) is 4. The zero-order chi connectivity index (χ0) is 13.8. The van der Waals surface area contributed by atoms with Gasteiger partial charge in [0, 0.05) is 18.2 Å². The first kappa shape index (κ1) is 13.6. The SMILES string of the molecule is O=CC1CCCCN1Cc1cc(F)ccc1[N+](=O)[O-]. The van der Waals surface area contributed by atoms with Crippen LogP contribution in [0.4, 0.5) is 10.1 Å². The van der Waals surface area contributed by atoms with Crippen molar-refractivity contribution in [3.05, 3.63) is 39.7 Å². The fourth-order valence-electron chi connectivity index (χ4n) is 2.44. The zero-order valence-electron chi connectivity index (χ0n) is 10.4. The summed E-state index contributed by atoms with van der Waals surface area (Å²) in [6, 6.07) is 3.20. The highest BCUT2D eigenvalue weighted by atomic mass is 19.1. The third kappa shape index (κ3) is 3.14. The van der Waals surface area contributed by atoms with Gasteiger partial charge >= 0.3 is 0 Å². The Morgan fingerprint density at radius 2 is 2.26 bits per heavy atom. The van der Waals surface area contributed by atoms with E-state index in [0.717, 1.165) is 31.6 Å². The van der Waals surface area contributed by atoms with Crippen molar-refractivity contribution in [2.24, 2.45) is 0 Å². The molecule has 1 aliphatic heterocycles. The zero-order valence-corrected chi connectivity index (χ0v) is 10.4. The lowest BCUT2D eigenvalue weighted by atomic mass is 10.0. The van der Waals surface area contributed by atoms with E-state index in [2.05, 4.69) is 0 Å². The number of nitro groups is 1. The molecule has 1 unspecified atom stereocenters. The third-order valence-electron chi connectivity index (χ3n) is 3.43. The Bertz CT molecular complexity index is 493. The van der Waals surface area contributed by atoms with Gasteiger partial charge in [0.05, 0.1) is 11.0 Å². The average Bonchev–Trinajstić information content (AvgIpc) is 2.39. The van der Waals surface area contributed by atoms with E-state index in [1.807, 2.05) is 4.90 Å². The van der Waals surface area contributed by atoms with E-state index < -0.39 is 10.7 Å². The number of carbonyl (C=O) groups is 1. The first-order valence-electron chi connectivity index (χ1n) is 6.24. The lowest BCUT2D eigenvalue weighted by molar-refractivity contribution is -0.385. The minimum atomic E-state index is -0.519. The van der Waals surface area contributed by atoms with Crippen molar-refractivity contribution in [2.45, 2.75) is 31.8 Å². The molecule has 0 aliphatic carbocycles. The number of likely N-dealkylation sites (tertiary alicyclic amines) is 1. The Kier molecular flexibility index (Phi) is 4.21. The fraction of sp³-hybridized carbons (Fsp3) is 0.462. The van der Waals surface area contributed by atoms with Crippen molar-refractivity contribution in [2.75, 3.05) is 6.54 Å². The van der Waals surface area contributed by atoms with Crippen LogP contribution in [0.3, 0.4) is 0 Å². The van der Waals surface area contributed by atoms with Gasteiger partial charge in [-0.15, -0.1) is 0 Å². The van der Waals surface area contributed by atoms with Gasteiger partial charge in [-0.3, -0.25) is 15.0 Å². The summed E-state index contributed by atoms with van der Waals surface area (Å²) in [5, 5.41) is 10.9. The van der Waals surface area contributed by atoms with E-state index >= 15 is 0 Å². The minimum Gasteiger partial charge on any atom is -0.302 e. The van der Waals surface area contributed by atoms with Gasteiger partial charge in [-0.05, 0) is 31.5 Å². The maximum Gasteiger partial charge on any atom is 0.274 e. The number of nitrogens with zero attached hydrogens (tertiary/aromatic N) is 2. The van der Waals surface area contributed by atoms with Gasteiger partial charge in [0.1, 0.15) is 12.1 Å². The first-order chi connectivity index (χ1) is 9.11. The number of aldehydes is 1. The molecule has 6 heteroatoms. The molecule has 1 aliphatic rings. The highest BCUT2D eigenvalue weighted by molar-refractivity contribution is 5.57. The van der Waals surface area contributed by atoms with Gasteiger partial charge in [-0.1, -0.05) is 6.42 Å². The molecule has 1 aromatic carbocycles. The highest BCUT2D eigenvalue weighted by Gasteiger charge is 2.24. The van der Waals surface area contributed by atoms with E-state index in [9.17, 15) is 19.3 Å². The summed E-state index contributed by atoms with van der Waals surface area (Å²) in [5.74, 6) is -0.500. The Hall–Kier alpha value is -1.82. The topological polar surface area (TPSA) is 63.5 Å². The second-order valence-corrected chi connectivity index (χ2v) is 4.70. The smallest absolute Gasteiger partial charge is 0.274 e. The fourth-order valence-corrected chi connectivity index (χ4v) is 2.44. The van der Waals surface area contributed by atoms with Gasteiger partial charge in [0.2, 0.25) is 0 Å². The number of hydrogen-bond donors (Lipinski definition) is 0. The van der Waals surface area contributed by atoms with E-state index in [0.29, 0.717) is 12.1 Å². The number of halogens is 1. The Balaban J connectivity index is 2.23. The second kappa shape index (κ2) is 5.88. The molecule has 1 heterocycles. The quantitative estimate of drug-likeness (QED) is 0.476. The van der Waals surface area contributed by atoms with Crippen LogP contribution in [-0.2, 0) is 11.3 Å². The normalized spacial score (nSPS) is 20.2. The molecule has 0 amide bonds. The van der Waals surface area contributed by atoms with Gasteiger partial charge in [0.15, 0.2) is 0 Å². The van der Waals surface area contributed by atoms with Crippen LogP contribution in [0.5, 0.6) is 0 Å². The van der Waals surface area contributed by atoms with Crippen LogP contribution in [0.25, 0.3) is 0 Å². The molecule has 19 heavy (non-hydrogen) atoms. The molecule has 0 bridgehead atoms. The molecule has 0 aromatic heterocycles. The molecule has 1 fully saturated rings. The Morgan fingerprint density at radius 3 is 2.95 bits per heavy atom. The third-order valence-corrected chi connectivity index (χ3v) is 3.43. The Labute approximate surface area is 110 Å². The number of carbonyl (C=O) groups excluding carboxylic acids is 1. The molecule has 0 spiro atoms. The molecule has 5 nitrogen and oxygen atoms in total. The molecule has 2 rings (SSSR count). The van der Waals surface area contributed by atoms with E-state index in [4.69, 9.17) is 0 Å². The molecule has 0 N–H and O–H groups in total. The van der Waals surface area contributed by atoms with Gasteiger partial charge in [-0.25, -0.2) is 4.39 Å². The van der Waals surface area contributed by atoms with Crippen LogP contribution in [0.15, 0.2) is 18.2 Å². The largest absolute Gasteiger partial charge is 0.302 e. The molecular formula is C13H15FN2O3.